The zero-order chi connectivity index (χ0) is 16.3. The van der Waals surface area contributed by atoms with Crippen LogP contribution in [0.4, 0.5) is 0 Å². The second-order valence-electron chi connectivity index (χ2n) is 7.14. The molecule has 1 heteroatoms. The number of benzene rings is 3. The lowest BCUT2D eigenvalue weighted by molar-refractivity contribution is 0.289. The van der Waals surface area contributed by atoms with E-state index >= 15 is 0 Å². The van der Waals surface area contributed by atoms with Crippen LogP contribution in [0.2, 0.25) is 0 Å². The van der Waals surface area contributed by atoms with E-state index in [4.69, 9.17) is 4.74 Å². The number of ether oxygens (including phenoxy) is 1. The Morgan fingerprint density at radius 1 is 0.792 bits per heavy atom. The highest BCUT2D eigenvalue weighted by Crippen LogP contribution is 2.53. The summed E-state index contributed by atoms with van der Waals surface area (Å²) >= 11 is 0. The van der Waals surface area contributed by atoms with Gasteiger partial charge in [0, 0.05) is 5.56 Å². The lowest BCUT2D eigenvalue weighted by atomic mass is 9.64. The van der Waals surface area contributed by atoms with Crippen LogP contribution in [0.3, 0.4) is 0 Å². The maximum absolute atomic E-state index is 6.13. The molecule has 1 nitrogen and oxygen atoms in total. The first-order valence-corrected chi connectivity index (χ1v) is 8.62. The Bertz CT molecular complexity index is 970. The molecule has 1 heterocycles. The van der Waals surface area contributed by atoms with Crippen molar-refractivity contribution in [3.8, 4) is 16.9 Å². The van der Waals surface area contributed by atoms with Gasteiger partial charge in [-0.05, 0) is 59.7 Å². The summed E-state index contributed by atoms with van der Waals surface area (Å²) in [5.74, 6) is 1.04. The Labute approximate surface area is 142 Å². The van der Waals surface area contributed by atoms with Crippen molar-refractivity contribution in [2.75, 3.05) is 6.61 Å². The fourth-order valence-corrected chi connectivity index (χ4v) is 4.62. The maximum atomic E-state index is 6.13. The molecule has 0 saturated carbocycles. The largest absolute Gasteiger partial charge is 0.492 e. The minimum absolute atomic E-state index is 0.0568. The fourth-order valence-electron chi connectivity index (χ4n) is 4.62. The van der Waals surface area contributed by atoms with Crippen LogP contribution in [0.1, 0.15) is 27.8 Å². The first kappa shape index (κ1) is 13.9. The third-order valence-electron chi connectivity index (χ3n) is 5.82. The first-order valence-electron chi connectivity index (χ1n) is 8.62. The molecule has 1 unspecified atom stereocenters. The minimum atomic E-state index is -0.0568. The van der Waals surface area contributed by atoms with E-state index in [-0.39, 0.29) is 5.41 Å². The van der Waals surface area contributed by atoms with Crippen molar-refractivity contribution in [1.29, 1.82) is 0 Å². The highest BCUT2D eigenvalue weighted by molar-refractivity contribution is 5.81. The van der Waals surface area contributed by atoms with E-state index in [0.717, 1.165) is 18.8 Å². The molecule has 24 heavy (non-hydrogen) atoms. The molecule has 118 valence electrons. The number of hydrogen-bond acceptors (Lipinski definition) is 1. The molecule has 1 atom stereocenters. The summed E-state index contributed by atoms with van der Waals surface area (Å²) in [4.78, 5) is 0. The van der Waals surface area contributed by atoms with Gasteiger partial charge in [-0.1, -0.05) is 54.6 Å². The summed E-state index contributed by atoms with van der Waals surface area (Å²) in [5, 5.41) is 0. The highest BCUT2D eigenvalue weighted by Gasteiger charge is 2.46. The van der Waals surface area contributed by atoms with Crippen molar-refractivity contribution >= 4 is 0 Å². The molecule has 0 fully saturated rings. The van der Waals surface area contributed by atoms with Crippen LogP contribution in [0.5, 0.6) is 5.75 Å². The Balaban J connectivity index is 1.87. The van der Waals surface area contributed by atoms with Crippen LogP contribution >= 0.6 is 0 Å². The van der Waals surface area contributed by atoms with E-state index < -0.39 is 0 Å². The second-order valence-corrected chi connectivity index (χ2v) is 7.14. The average molecular weight is 312 g/mol. The Morgan fingerprint density at radius 2 is 1.50 bits per heavy atom. The van der Waals surface area contributed by atoms with Crippen molar-refractivity contribution in [3.05, 3.63) is 88.5 Å². The summed E-state index contributed by atoms with van der Waals surface area (Å²) in [6.07, 6.45) is 1.02. The maximum Gasteiger partial charge on any atom is 0.123 e. The van der Waals surface area contributed by atoms with Gasteiger partial charge in [0.2, 0.25) is 0 Å². The van der Waals surface area contributed by atoms with Gasteiger partial charge in [-0.3, -0.25) is 0 Å². The summed E-state index contributed by atoms with van der Waals surface area (Å²) < 4.78 is 6.13. The van der Waals surface area contributed by atoms with Gasteiger partial charge in [0.1, 0.15) is 12.4 Å². The summed E-state index contributed by atoms with van der Waals surface area (Å²) in [5.41, 5.74) is 9.73. The normalized spacial score (nSPS) is 20.2. The number of hydrogen-bond donors (Lipinski definition) is 0. The zero-order valence-electron chi connectivity index (χ0n) is 14.1. The molecule has 1 aliphatic carbocycles. The highest BCUT2D eigenvalue weighted by atomic mass is 16.5. The van der Waals surface area contributed by atoms with Crippen LogP contribution in [-0.4, -0.2) is 6.61 Å². The van der Waals surface area contributed by atoms with Crippen LogP contribution in [0.15, 0.2) is 60.7 Å². The number of fused-ring (bicyclic) bond motifs is 6. The average Bonchev–Trinajstić information content (AvgIpc) is 2.98. The van der Waals surface area contributed by atoms with Crippen molar-refractivity contribution < 1.29 is 4.74 Å². The quantitative estimate of drug-likeness (QED) is 0.554. The van der Waals surface area contributed by atoms with Gasteiger partial charge >= 0.3 is 0 Å². The van der Waals surface area contributed by atoms with Crippen LogP contribution < -0.4 is 4.74 Å². The molecule has 0 N–H and O–H groups in total. The molecule has 1 aliphatic heterocycles. The monoisotopic (exact) mass is 312 g/mol. The standard InChI is InChI=1S/C23H20O/c1-15-11-12-16(2)22-17-7-3-4-8-19(17)23(13-18(15)22)14-24-21-10-6-5-9-20(21)23/h3-12H,13-14H2,1-2H3. The number of aryl methyl sites for hydroxylation is 2. The van der Waals surface area contributed by atoms with E-state index in [0.29, 0.717) is 0 Å². The van der Waals surface area contributed by atoms with E-state index in [2.05, 4.69) is 74.5 Å². The van der Waals surface area contributed by atoms with E-state index in [1.165, 1.54) is 38.9 Å². The van der Waals surface area contributed by atoms with Crippen LogP contribution in [0, 0.1) is 13.8 Å². The summed E-state index contributed by atoms with van der Waals surface area (Å²) in [6, 6.07) is 22.0. The molecular formula is C23H20O. The van der Waals surface area contributed by atoms with Gasteiger partial charge in [0.25, 0.3) is 0 Å². The molecule has 0 amide bonds. The third-order valence-corrected chi connectivity index (χ3v) is 5.82. The van der Waals surface area contributed by atoms with Crippen LogP contribution in [-0.2, 0) is 11.8 Å². The molecule has 0 aromatic heterocycles. The van der Waals surface area contributed by atoms with Crippen LogP contribution in [0.25, 0.3) is 11.1 Å². The van der Waals surface area contributed by atoms with E-state index in [1.807, 2.05) is 0 Å². The SMILES string of the molecule is Cc1ccc(C)c2c1CC1(COc3ccccc31)c1ccccc1-2. The Hall–Kier alpha value is -2.54. The summed E-state index contributed by atoms with van der Waals surface area (Å²) in [6.45, 7) is 5.20. The Morgan fingerprint density at radius 3 is 2.38 bits per heavy atom. The van der Waals surface area contributed by atoms with Gasteiger partial charge in [0.05, 0.1) is 5.41 Å². The minimum Gasteiger partial charge on any atom is -0.492 e. The fraction of sp³-hybridized carbons (Fsp3) is 0.217. The first-order chi connectivity index (χ1) is 11.7. The Kier molecular flexibility index (Phi) is 2.73. The summed E-state index contributed by atoms with van der Waals surface area (Å²) in [7, 11) is 0. The number of para-hydroxylation sites is 1. The van der Waals surface area contributed by atoms with Gasteiger partial charge < -0.3 is 4.74 Å². The molecule has 2 aliphatic rings. The molecule has 1 spiro atoms. The topological polar surface area (TPSA) is 9.23 Å². The molecule has 5 rings (SSSR count). The predicted molar refractivity (Wildman–Crippen MR) is 97.8 cm³/mol. The number of rotatable bonds is 0. The second kappa shape index (κ2) is 4.73. The van der Waals surface area contributed by atoms with Gasteiger partial charge in [-0.25, -0.2) is 0 Å². The van der Waals surface area contributed by atoms with Crippen molar-refractivity contribution in [3.63, 3.8) is 0 Å². The lowest BCUT2D eigenvalue weighted by Crippen LogP contribution is -2.36. The van der Waals surface area contributed by atoms with E-state index in [9.17, 15) is 0 Å². The zero-order valence-corrected chi connectivity index (χ0v) is 14.1. The molecule has 0 saturated heterocycles. The third kappa shape index (κ3) is 1.65. The lowest BCUT2D eigenvalue weighted by Gasteiger charge is -2.37. The van der Waals surface area contributed by atoms with Gasteiger partial charge in [-0.2, -0.15) is 0 Å². The molecule has 0 bridgehead atoms. The van der Waals surface area contributed by atoms with Crippen molar-refractivity contribution in [2.24, 2.45) is 0 Å². The van der Waals surface area contributed by atoms with Crippen molar-refractivity contribution in [2.45, 2.75) is 25.7 Å². The molecule has 3 aromatic rings. The van der Waals surface area contributed by atoms with Crippen molar-refractivity contribution in [1.82, 2.24) is 0 Å². The molecule has 0 radical (unpaired) electrons. The molecular weight excluding hydrogens is 292 g/mol. The molecule has 3 aromatic carbocycles. The van der Waals surface area contributed by atoms with Gasteiger partial charge in [0.15, 0.2) is 0 Å². The van der Waals surface area contributed by atoms with Gasteiger partial charge in [-0.15, -0.1) is 0 Å². The van der Waals surface area contributed by atoms with E-state index in [1.54, 1.807) is 0 Å². The predicted octanol–water partition coefficient (Wildman–Crippen LogP) is 5.21. The smallest absolute Gasteiger partial charge is 0.123 e.